The predicted octanol–water partition coefficient (Wildman–Crippen LogP) is 19.2. The maximum atomic E-state index is 12.9. The summed E-state index contributed by atoms with van der Waals surface area (Å²) < 4.78 is 39.7. The van der Waals surface area contributed by atoms with E-state index < -0.39 is 57.8 Å². The third-order valence-electron chi connectivity index (χ3n) is 14.1. The molecular formula is C64H119O11P. The van der Waals surface area contributed by atoms with Gasteiger partial charge in [-0.05, 0) is 57.8 Å². The van der Waals surface area contributed by atoms with E-state index in [2.05, 4.69) is 57.2 Å². The topological polar surface area (TPSA) is 155 Å². The molecule has 0 aliphatic rings. The van der Waals surface area contributed by atoms with Crippen LogP contribution in [0.1, 0.15) is 316 Å². The van der Waals surface area contributed by atoms with E-state index in [-0.39, 0.29) is 25.9 Å². The fourth-order valence-corrected chi connectivity index (χ4v) is 9.97. The highest BCUT2D eigenvalue weighted by atomic mass is 31.2. The largest absolute Gasteiger partial charge is 0.472 e. The van der Waals surface area contributed by atoms with Gasteiger partial charge in [0.25, 0.3) is 0 Å². The summed E-state index contributed by atoms with van der Waals surface area (Å²) in [5, 5.41) is 9.84. The second-order valence-electron chi connectivity index (χ2n) is 21.6. The summed E-state index contributed by atoms with van der Waals surface area (Å²) in [7, 11) is -4.75. The SMILES string of the molecule is CCCCC/C=C\C/C=C\C/C=C\CCCCCCCCC(=O)OC(COC(=O)CCCCCCCCCCCCCCCCC)COP(=O)(O)OCC(CO)OC(=O)CCCCCCCCCCCCCCCCC. The lowest BCUT2D eigenvalue weighted by Crippen LogP contribution is -2.30. The van der Waals surface area contributed by atoms with Gasteiger partial charge in [-0.15, -0.1) is 0 Å². The number of carbonyl (C=O) groups is 3. The Labute approximate surface area is 467 Å². The van der Waals surface area contributed by atoms with Gasteiger partial charge < -0.3 is 24.2 Å². The summed E-state index contributed by atoms with van der Waals surface area (Å²) in [5.74, 6) is -1.45. The molecule has 0 spiro atoms. The van der Waals surface area contributed by atoms with E-state index in [4.69, 9.17) is 23.3 Å². The van der Waals surface area contributed by atoms with Crippen molar-refractivity contribution >= 4 is 25.7 Å². The van der Waals surface area contributed by atoms with Crippen LogP contribution in [0.5, 0.6) is 0 Å². The van der Waals surface area contributed by atoms with Gasteiger partial charge in [0.15, 0.2) is 6.10 Å². The number of rotatable bonds is 60. The number of carbonyl (C=O) groups excluding carboxylic acids is 3. The van der Waals surface area contributed by atoms with E-state index in [1.54, 1.807) is 0 Å². The molecule has 3 atom stereocenters. The van der Waals surface area contributed by atoms with Crippen molar-refractivity contribution in [2.75, 3.05) is 26.4 Å². The fourth-order valence-electron chi connectivity index (χ4n) is 9.19. The fraction of sp³-hybridized carbons (Fsp3) is 0.859. The molecule has 0 fully saturated rings. The summed E-state index contributed by atoms with van der Waals surface area (Å²) in [6.45, 7) is 4.67. The highest BCUT2D eigenvalue weighted by Gasteiger charge is 2.28. The van der Waals surface area contributed by atoms with Crippen molar-refractivity contribution in [1.29, 1.82) is 0 Å². The smallest absolute Gasteiger partial charge is 0.462 e. The van der Waals surface area contributed by atoms with Gasteiger partial charge in [0, 0.05) is 19.3 Å². The Bertz CT molecular complexity index is 1420. The number of aliphatic hydroxyl groups excluding tert-OH is 1. The monoisotopic (exact) mass is 1090 g/mol. The molecule has 0 bridgehead atoms. The van der Waals surface area contributed by atoms with E-state index in [0.29, 0.717) is 19.3 Å². The Morgan fingerprint density at radius 3 is 1.01 bits per heavy atom. The molecule has 3 unspecified atom stereocenters. The van der Waals surface area contributed by atoms with Crippen LogP contribution < -0.4 is 0 Å². The van der Waals surface area contributed by atoms with Gasteiger partial charge >= 0.3 is 25.7 Å². The van der Waals surface area contributed by atoms with Crippen molar-refractivity contribution in [3.05, 3.63) is 36.5 Å². The van der Waals surface area contributed by atoms with Crippen molar-refractivity contribution < 1.29 is 52.2 Å². The minimum atomic E-state index is -4.75. The molecular weight excluding hydrogens is 976 g/mol. The molecule has 0 radical (unpaired) electrons. The summed E-state index contributed by atoms with van der Waals surface area (Å²) in [4.78, 5) is 48.7. The molecule has 0 amide bonds. The lowest BCUT2D eigenvalue weighted by Gasteiger charge is -2.21. The number of unbranched alkanes of at least 4 members (excludes halogenated alkanes) is 37. The first-order valence-corrected chi connectivity index (χ1v) is 33.4. The van der Waals surface area contributed by atoms with Gasteiger partial charge in [-0.1, -0.05) is 276 Å². The van der Waals surface area contributed by atoms with Crippen molar-refractivity contribution in [3.63, 3.8) is 0 Å². The van der Waals surface area contributed by atoms with Crippen molar-refractivity contribution in [3.8, 4) is 0 Å². The Morgan fingerprint density at radius 2 is 0.645 bits per heavy atom. The van der Waals surface area contributed by atoms with Crippen molar-refractivity contribution in [1.82, 2.24) is 0 Å². The molecule has 0 heterocycles. The van der Waals surface area contributed by atoms with Gasteiger partial charge in [-0.2, -0.15) is 0 Å². The Balaban J connectivity index is 4.69. The first kappa shape index (κ1) is 73.7. The van der Waals surface area contributed by atoms with Gasteiger partial charge in [-0.3, -0.25) is 23.4 Å². The van der Waals surface area contributed by atoms with Gasteiger partial charge in [0.1, 0.15) is 12.7 Å². The Morgan fingerprint density at radius 1 is 0.368 bits per heavy atom. The molecule has 0 aromatic rings. The summed E-state index contributed by atoms with van der Waals surface area (Å²) in [6.07, 6.45) is 62.3. The molecule has 12 heteroatoms. The van der Waals surface area contributed by atoms with Crippen LogP contribution in [-0.2, 0) is 42.2 Å². The average molecular weight is 1100 g/mol. The molecule has 0 aliphatic heterocycles. The standard InChI is InChI=1S/C64H119O11P/c1-4-7-10-13-16-19-22-25-28-29-30-31-34-37-40-43-46-49-52-55-64(68)75-61(57-71-62(66)53-50-47-44-41-38-35-32-26-23-20-17-14-11-8-5-2)59-73-76(69,70)72-58-60(56-65)74-63(67)54-51-48-45-42-39-36-33-27-24-21-18-15-12-9-6-3/h16,19,25,28,30-31,60-61,65H,4-15,17-18,20-24,26-27,29,32-59H2,1-3H3,(H,69,70)/b19-16-,28-25-,31-30-. The molecule has 11 nitrogen and oxygen atoms in total. The molecule has 2 N–H and O–H groups in total. The predicted molar refractivity (Wildman–Crippen MR) is 316 cm³/mol. The molecule has 76 heavy (non-hydrogen) atoms. The lowest BCUT2D eigenvalue weighted by molar-refractivity contribution is -0.161. The van der Waals surface area contributed by atoms with E-state index in [1.807, 2.05) is 0 Å². The van der Waals surface area contributed by atoms with Crippen LogP contribution in [0.25, 0.3) is 0 Å². The Kier molecular flexibility index (Phi) is 57.1. The van der Waals surface area contributed by atoms with Crippen LogP contribution in [0.15, 0.2) is 36.5 Å². The molecule has 0 rings (SSSR count). The van der Waals surface area contributed by atoms with Gasteiger partial charge in [0.2, 0.25) is 0 Å². The van der Waals surface area contributed by atoms with E-state index in [0.717, 1.165) is 89.9 Å². The minimum Gasteiger partial charge on any atom is -0.462 e. The van der Waals surface area contributed by atoms with Crippen molar-refractivity contribution in [2.45, 2.75) is 328 Å². The van der Waals surface area contributed by atoms with Crippen LogP contribution in [0, 0.1) is 0 Å². The van der Waals surface area contributed by atoms with Gasteiger partial charge in [0.05, 0.1) is 19.8 Å². The van der Waals surface area contributed by atoms with Gasteiger partial charge in [-0.25, -0.2) is 4.57 Å². The summed E-state index contributed by atoms with van der Waals surface area (Å²) in [5.41, 5.74) is 0. The second-order valence-corrected chi connectivity index (χ2v) is 23.0. The zero-order valence-electron chi connectivity index (χ0n) is 49.5. The highest BCUT2D eigenvalue weighted by molar-refractivity contribution is 7.47. The number of esters is 3. The quantitative estimate of drug-likeness (QED) is 0.0197. The number of phosphoric ester groups is 1. The average Bonchev–Trinajstić information content (AvgIpc) is 3.41. The van der Waals surface area contributed by atoms with E-state index >= 15 is 0 Å². The van der Waals surface area contributed by atoms with E-state index in [9.17, 15) is 28.9 Å². The zero-order valence-corrected chi connectivity index (χ0v) is 50.4. The number of ether oxygens (including phenoxy) is 3. The molecule has 446 valence electrons. The van der Waals surface area contributed by atoms with Crippen LogP contribution in [0.2, 0.25) is 0 Å². The molecule has 0 aromatic heterocycles. The number of phosphoric acid groups is 1. The first-order chi connectivity index (χ1) is 37.2. The maximum absolute atomic E-state index is 12.9. The zero-order chi connectivity index (χ0) is 55.5. The lowest BCUT2D eigenvalue weighted by atomic mass is 10.0. The van der Waals surface area contributed by atoms with Crippen LogP contribution in [0.3, 0.4) is 0 Å². The van der Waals surface area contributed by atoms with Crippen LogP contribution in [-0.4, -0.2) is 66.5 Å². The maximum Gasteiger partial charge on any atom is 0.472 e. The molecule has 0 aliphatic carbocycles. The van der Waals surface area contributed by atoms with Crippen LogP contribution >= 0.6 is 7.82 Å². The number of hydrogen-bond acceptors (Lipinski definition) is 10. The minimum absolute atomic E-state index is 0.157. The first-order valence-electron chi connectivity index (χ1n) is 31.9. The number of allylic oxidation sites excluding steroid dienone is 6. The summed E-state index contributed by atoms with van der Waals surface area (Å²) in [6, 6.07) is 0. The summed E-state index contributed by atoms with van der Waals surface area (Å²) >= 11 is 0. The third kappa shape index (κ3) is 56.4. The third-order valence-corrected chi connectivity index (χ3v) is 15.0. The molecule has 0 saturated carbocycles. The van der Waals surface area contributed by atoms with Crippen LogP contribution in [0.4, 0.5) is 0 Å². The van der Waals surface area contributed by atoms with E-state index in [1.165, 1.54) is 167 Å². The molecule has 0 saturated heterocycles. The number of aliphatic hydroxyl groups is 1. The normalized spacial score (nSPS) is 13.5. The second kappa shape index (κ2) is 58.8. The Hall–Kier alpha value is -2.30. The highest BCUT2D eigenvalue weighted by Crippen LogP contribution is 2.43. The molecule has 0 aromatic carbocycles. The number of hydrogen-bond donors (Lipinski definition) is 2. The van der Waals surface area contributed by atoms with Crippen molar-refractivity contribution in [2.24, 2.45) is 0 Å².